The number of imidazole rings is 1. The van der Waals surface area contributed by atoms with Gasteiger partial charge >= 0.3 is 6.18 Å². The molecule has 0 fully saturated rings. The van der Waals surface area contributed by atoms with Crippen molar-refractivity contribution in [3.63, 3.8) is 0 Å². The van der Waals surface area contributed by atoms with E-state index in [4.69, 9.17) is 0 Å². The Bertz CT molecular complexity index is 1330. The average molecular weight is 465 g/mol. The van der Waals surface area contributed by atoms with E-state index in [9.17, 15) is 21.6 Å². The van der Waals surface area contributed by atoms with Gasteiger partial charge in [-0.1, -0.05) is 6.07 Å². The third kappa shape index (κ3) is 4.48. The van der Waals surface area contributed by atoms with Crippen LogP contribution in [-0.2, 0) is 10.0 Å². The molecule has 2 N–H and O–H groups in total. The van der Waals surface area contributed by atoms with E-state index in [1.165, 1.54) is 23.1 Å². The summed E-state index contributed by atoms with van der Waals surface area (Å²) in [6.45, 7) is 0. The van der Waals surface area contributed by atoms with E-state index in [1.54, 1.807) is 24.7 Å². The molecule has 0 aliphatic rings. The lowest BCUT2D eigenvalue weighted by molar-refractivity contribution is -0.150. The van der Waals surface area contributed by atoms with Crippen LogP contribution in [0, 0.1) is 0 Å². The number of sulfonamides is 1. The molecule has 0 saturated carbocycles. The van der Waals surface area contributed by atoms with E-state index in [2.05, 4.69) is 25.0 Å². The van der Waals surface area contributed by atoms with E-state index in [1.807, 2.05) is 4.72 Å². The topological polar surface area (TPSA) is 118 Å². The molecule has 0 amide bonds. The lowest BCUT2D eigenvalue weighted by Gasteiger charge is -2.20. The van der Waals surface area contributed by atoms with Crippen LogP contribution in [0.3, 0.4) is 0 Å². The van der Waals surface area contributed by atoms with Crippen molar-refractivity contribution in [2.24, 2.45) is 0 Å². The van der Waals surface area contributed by atoms with Crippen molar-refractivity contribution >= 4 is 21.2 Å². The van der Waals surface area contributed by atoms with Gasteiger partial charge in [-0.05, 0) is 31.2 Å². The van der Waals surface area contributed by atoms with Gasteiger partial charge in [0.15, 0.2) is 11.5 Å². The second-order valence-electron chi connectivity index (χ2n) is 6.99. The summed E-state index contributed by atoms with van der Waals surface area (Å²) in [4.78, 5) is 15.4. The molecule has 0 spiro atoms. The third-order valence-corrected chi connectivity index (χ3v) is 6.40. The second-order valence-corrected chi connectivity index (χ2v) is 9.03. The summed E-state index contributed by atoms with van der Waals surface area (Å²) in [5.74, 6) is -2.28. The molecule has 13 heteroatoms. The lowest BCUT2D eigenvalue weighted by atomic mass is 9.97. The van der Waals surface area contributed by atoms with E-state index < -0.39 is 34.3 Å². The summed E-state index contributed by atoms with van der Waals surface area (Å²) in [6, 6.07) is 4.49. The largest absolute Gasteiger partial charge is 0.395 e. The van der Waals surface area contributed by atoms with Crippen molar-refractivity contribution in [3.05, 3.63) is 54.9 Å². The number of H-pyrrole nitrogens is 1. The molecule has 4 aromatic heterocycles. The van der Waals surface area contributed by atoms with Gasteiger partial charge in [0.05, 0.1) is 29.7 Å². The van der Waals surface area contributed by atoms with E-state index in [-0.39, 0.29) is 5.56 Å². The van der Waals surface area contributed by atoms with E-state index >= 15 is 0 Å². The first-order chi connectivity index (χ1) is 15.2. The van der Waals surface area contributed by atoms with Gasteiger partial charge in [0, 0.05) is 29.7 Å². The van der Waals surface area contributed by atoms with Crippen LogP contribution in [0.4, 0.5) is 13.2 Å². The molecule has 0 radical (unpaired) electrons. The van der Waals surface area contributed by atoms with Crippen LogP contribution in [0.5, 0.6) is 0 Å². The summed E-state index contributed by atoms with van der Waals surface area (Å²) in [5, 5.41) is 4.25. The number of hydrogen-bond donors (Lipinski definition) is 2. The predicted octanol–water partition coefficient (Wildman–Crippen LogP) is 2.79. The van der Waals surface area contributed by atoms with Crippen molar-refractivity contribution in [2.75, 3.05) is 12.8 Å². The molecule has 168 valence electrons. The molecule has 1 unspecified atom stereocenters. The Balaban J connectivity index is 1.59. The highest BCUT2D eigenvalue weighted by Gasteiger charge is 2.41. The molecule has 9 nitrogen and oxygen atoms in total. The number of nitrogens with one attached hydrogen (secondary N) is 2. The Morgan fingerprint density at radius 1 is 1.16 bits per heavy atom. The molecule has 0 saturated heterocycles. The van der Waals surface area contributed by atoms with Gasteiger partial charge in [-0.2, -0.15) is 18.3 Å². The Morgan fingerprint density at radius 3 is 2.66 bits per heavy atom. The smallest absolute Gasteiger partial charge is 0.343 e. The van der Waals surface area contributed by atoms with Crippen LogP contribution >= 0.6 is 0 Å². The van der Waals surface area contributed by atoms with Gasteiger partial charge in [-0.25, -0.2) is 32.8 Å². The molecular weight excluding hydrogens is 447 g/mol. The fraction of sp³-hybridized carbons (Fsp3) is 0.263. The van der Waals surface area contributed by atoms with Crippen LogP contribution < -0.4 is 4.72 Å². The fourth-order valence-corrected chi connectivity index (χ4v) is 4.06. The first-order valence-corrected chi connectivity index (χ1v) is 11.1. The minimum atomic E-state index is -4.61. The van der Waals surface area contributed by atoms with Crippen LogP contribution in [0.1, 0.15) is 17.9 Å². The van der Waals surface area contributed by atoms with Crippen LogP contribution in [0.2, 0.25) is 0 Å². The summed E-state index contributed by atoms with van der Waals surface area (Å²) in [6.07, 6.45) is 2.33. The zero-order chi connectivity index (χ0) is 22.9. The zero-order valence-electron chi connectivity index (χ0n) is 16.7. The first kappa shape index (κ1) is 21.9. The van der Waals surface area contributed by atoms with Crippen molar-refractivity contribution in [3.8, 4) is 16.9 Å². The molecule has 1 atom stereocenters. The molecule has 32 heavy (non-hydrogen) atoms. The highest BCUT2D eigenvalue weighted by Crippen LogP contribution is 2.37. The molecule has 0 aliphatic carbocycles. The standard InChI is InChI=1S/C19H18F3N7O2S/c1-23-32(30,31)7-5-15(19(20,21)22)12-2-3-16(25-8-12)29-10-13(9-28-29)14-4-6-24-18-17(14)26-11-27-18/h2-4,6,8-11,15,23H,5,7H2,1H3,(H,24,26,27). The van der Waals surface area contributed by atoms with Crippen LogP contribution in [0.25, 0.3) is 28.1 Å². The van der Waals surface area contributed by atoms with Gasteiger partial charge in [-0.15, -0.1) is 0 Å². The Labute approximate surface area is 180 Å². The zero-order valence-corrected chi connectivity index (χ0v) is 17.5. The highest BCUT2D eigenvalue weighted by atomic mass is 32.2. The molecule has 4 heterocycles. The number of fused-ring (bicyclic) bond motifs is 1. The van der Waals surface area contributed by atoms with Crippen molar-refractivity contribution in [2.45, 2.75) is 18.5 Å². The van der Waals surface area contributed by atoms with Gasteiger partial charge in [-0.3, -0.25) is 0 Å². The fourth-order valence-electron chi connectivity index (χ4n) is 3.31. The minimum absolute atomic E-state index is 0.117. The van der Waals surface area contributed by atoms with Gasteiger partial charge in [0.1, 0.15) is 0 Å². The Hall–Kier alpha value is -3.32. The highest BCUT2D eigenvalue weighted by molar-refractivity contribution is 7.89. The number of pyridine rings is 2. The predicted molar refractivity (Wildman–Crippen MR) is 111 cm³/mol. The normalized spacial score (nSPS) is 13.5. The van der Waals surface area contributed by atoms with E-state index in [0.29, 0.717) is 11.5 Å². The van der Waals surface area contributed by atoms with Gasteiger partial charge < -0.3 is 4.98 Å². The molecule has 0 bridgehead atoms. The van der Waals surface area contributed by atoms with Crippen molar-refractivity contribution in [1.82, 2.24) is 34.4 Å². The number of aromatic amines is 1. The maximum Gasteiger partial charge on any atom is 0.395 e. The molecule has 0 aromatic carbocycles. The Morgan fingerprint density at radius 2 is 1.97 bits per heavy atom. The number of aromatic nitrogens is 6. The summed E-state index contributed by atoms with van der Waals surface area (Å²) in [5.41, 5.74) is 2.74. The second kappa shape index (κ2) is 8.31. The summed E-state index contributed by atoms with van der Waals surface area (Å²) < 4.78 is 67.2. The monoisotopic (exact) mass is 465 g/mol. The molecular formula is C19H18F3N7O2S. The SMILES string of the molecule is CNS(=O)(=O)CCC(c1ccc(-n2cc(-c3ccnc4nc[nH]c34)cn2)nc1)C(F)(F)F. The minimum Gasteiger partial charge on any atom is -0.343 e. The molecule has 4 aromatic rings. The quantitative estimate of drug-likeness (QED) is 0.433. The number of halogens is 3. The van der Waals surface area contributed by atoms with Crippen LogP contribution in [0.15, 0.2) is 49.3 Å². The summed E-state index contributed by atoms with van der Waals surface area (Å²) in [7, 11) is -2.60. The summed E-state index contributed by atoms with van der Waals surface area (Å²) >= 11 is 0. The van der Waals surface area contributed by atoms with Crippen LogP contribution in [-0.4, -0.2) is 57.1 Å². The first-order valence-electron chi connectivity index (χ1n) is 9.45. The maximum atomic E-state index is 13.5. The lowest BCUT2D eigenvalue weighted by Crippen LogP contribution is -2.28. The van der Waals surface area contributed by atoms with E-state index in [0.717, 1.165) is 29.9 Å². The number of rotatable bonds is 7. The number of alkyl halides is 3. The maximum absolute atomic E-state index is 13.5. The van der Waals surface area contributed by atoms with Gasteiger partial charge in [0.25, 0.3) is 0 Å². The van der Waals surface area contributed by atoms with Crippen molar-refractivity contribution < 1.29 is 21.6 Å². The van der Waals surface area contributed by atoms with Crippen molar-refractivity contribution in [1.29, 1.82) is 0 Å². The Kier molecular flexibility index (Phi) is 5.69. The third-order valence-electron chi connectivity index (χ3n) is 5.01. The number of hydrogen-bond acceptors (Lipinski definition) is 6. The average Bonchev–Trinajstić information content (AvgIpc) is 3.43. The number of nitrogens with zero attached hydrogens (tertiary/aromatic N) is 5. The molecule has 0 aliphatic heterocycles. The molecule has 4 rings (SSSR count). The van der Waals surface area contributed by atoms with Gasteiger partial charge in [0.2, 0.25) is 10.0 Å².